The van der Waals surface area contributed by atoms with Crippen molar-refractivity contribution in [2.75, 3.05) is 6.54 Å². The smallest absolute Gasteiger partial charge is 0.315 e. The number of nitro benzene ring substituents is 1. The van der Waals surface area contributed by atoms with Crippen LogP contribution in [0.15, 0.2) is 48.5 Å². The lowest BCUT2D eigenvalue weighted by molar-refractivity contribution is -0.384. The molecule has 1 heterocycles. The third-order valence-corrected chi connectivity index (χ3v) is 3.78. The zero-order valence-electron chi connectivity index (χ0n) is 12.9. The summed E-state index contributed by atoms with van der Waals surface area (Å²) in [7, 11) is 0. The van der Waals surface area contributed by atoms with Crippen LogP contribution in [0, 0.1) is 10.1 Å². The molecule has 1 aliphatic rings. The first-order valence-corrected chi connectivity index (χ1v) is 7.61. The third-order valence-electron chi connectivity index (χ3n) is 3.78. The number of nitrogens with one attached hydrogen (secondary N) is 2. The number of benzene rings is 2. The molecule has 0 aliphatic carbocycles. The number of para-hydroxylation sites is 1. The van der Waals surface area contributed by atoms with Gasteiger partial charge in [-0.05, 0) is 17.2 Å². The van der Waals surface area contributed by atoms with Crippen LogP contribution >= 0.6 is 0 Å². The predicted octanol–water partition coefficient (Wildman–Crippen LogP) is 2.40. The second-order valence-electron chi connectivity index (χ2n) is 5.54. The molecule has 0 bridgehead atoms. The second-order valence-corrected chi connectivity index (χ2v) is 5.54. The molecule has 3 rings (SSSR count). The number of non-ortho nitro benzene ring substituents is 1. The standard InChI is InChI=1S/C17H17N3O4/c21-17(18-10-12-4-3-6-14(8-12)20(22)23)19-11-15-9-13-5-1-2-7-16(13)24-15/h1-8,15H,9-11H2,(H2,18,19,21). The average molecular weight is 327 g/mol. The van der Waals surface area contributed by atoms with Crippen LogP contribution < -0.4 is 15.4 Å². The van der Waals surface area contributed by atoms with Gasteiger partial charge in [0.2, 0.25) is 0 Å². The number of nitrogens with zero attached hydrogens (tertiary/aromatic N) is 1. The van der Waals surface area contributed by atoms with Gasteiger partial charge in [0.1, 0.15) is 11.9 Å². The highest BCUT2D eigenvalue weighted by Crippen LogP contribution is 2.27. The van der Waals surface area contributed by atoms with Crippen LogP contribution in [0.3, 0.4) is 0 Å². The van der Waals surface area contributed by atoms with Gasteiger partial charge in [0.05, 0.1) is 11.5 Å². The first-order chi connectivity index (χ1) is 11.6. The van der Waals surface area contributed by atoms with Crippen LogP contribution in [-0.2, 0) is 13.0 Å². The van der Waals surface area contributed by atoms with E-state index in [4.69, 9.17) is 4.74 Å². The summed E-state index contributed by atoms with van der Waals surface area (Å²) < 4.78 is 5.74. The maximum atomic E-state index is 11.9. The fourth-order valence-corrected chi connectivity index (χ4v) is 2.60. The molecule has 0 saturated heterocycles. The van der Waals surface area contributed by atoms with E-state index in [9.17, 15) is 14.9 Å². The lowest BCUT2D eigenvalue weighted by Crippen LogP contribution is -2.40. The first-order valence-electron chi connectivity index (χ1n) is 7.61. The SMILES string of the molecule is O=C(NCc1cccc([N+](=O)[O-])c1)NCC1Cc2ccccc2O1. The van der Waals surface area contributed by atoms with Crippen LogP contribution in [0.4, 0.5) is 10.5 Å². The molecule has 24 heavy (non-hydrogen) atoms. The summed E-state index contributed by atoms with van der Waals surface area (Å²) in [5.74, 6) is 0.862. The Morgan fingerprint density at radius 2 is 2.04 bits per heavy atom. The van der Waals surface area contributed by atoms with Crippen LogP contribution in [-0.4, -0.2) is 23.6 Å². The summed E-state index contributed by atoms with van der Waals surface area (Å²) in [6, 6.07) is 13.6. The highest BCUT2D eigenvalue weighted by atomic mass is 16.6. The van der Waals surface area contributed by atoms with E-state index in [1.807, 2.05) is 24.3 Å². The van der Waals surface area contributed by atoms with E-state index in [1.54, 1.807) is 12.1 Å². The Bertz CT molecular complexity index is 738. The van der Waals surface area contributed by atoms with E-state index in [0.29, 0.717) is 12.1 Å². The van der Waals surface area contributed by atoms with Gasteiger partial charge in [-0.15, -0.1) is 0 Å². The van der Waals surface area contributed by atoms with Gasteiger partial charge >= 0.3 is 6.03 Å². The number of nitro groups is 1. The Balaban J connectivity index is 1.44. The summed E-state index contributed by atoms with van der Waals surface area (Å²) in [6.07, 6.45) is 0.687. The molecule has 0 radical (unpaired) electrons. The van der Waals surface area contributed by atoms with E-state index in [0.717, 1.165) is 17.7 Å². The molecule has 7 nitrogen and oxygen atoms in total. The normalized spacial score (nSPS) is 15.2. The minimum Gasteiger partial charge on any atom is -0.488 e. The number of carbonyl (C=O) groups excluding carboxylic acids is 1. The van der Waals surface area contributed by atoms with Crippen molar-refractivity contribution in [3.8, 4) is 5.75 Å². The van der Waals surface area contributed by atoms with Crippen molar-refractivity contribution in [3.05, 3.63) is 69.8 Å². The fraction of sp³-hybridized carbons (Fsp3) is 0.235. The molecule has 1 aliphatic heterocycles. The molecule has 1 unspecified atom stereocenters. The number of ether oxygens (including phenoxy) is 1. The number of hydrogen-bond donors (Lipinski definition) is 2. The summed E-state index contributed by atoms with van der Waals surface area (Å²) in [5, 5.41) is 16.2. The van der Waals surface area contributed by atoms with Crippen LogP contribution in [0.5, 0.6) is 5.75 Å². The van der Waals surface area contributed by atoms with E-state index >= 15 is 0 Å². The zero-order valence-corrected chi connectivity index (χ0v) is 12.9. The van der Waals surface area contributed by atoms with Crippen LogP contribution in [0.25, 0.3) is 0 Å². The molecule has 2 amide bonds. The van der Waals surface area contributed by atoms with Gasteiger partial charge in [-0.1, -0.05) is 30.3 Å². The molecule has 2 aromatic carbocycles. The summed E-state index contributed by atoms with van der Waals surface area (Å²) in [6.45, 7) is 0.620. The third kappa shape index (κ3) is 3.81. The minimum absolute atomic E-state index is 0.00632. The maximum Gasteiger partial charge on any atom is 0.315 e. The van der Waals surface area contributed by atoms with Gasteiger partial charge in [-0.2, -0.15) is 0 Å². The number of hydrogen-bond acceptors (Lipinski definition) is 4. The summed E-state index contributed by atoms with van der Waals surface area (Å²) in [5.41, 5.74) is 1.82. The van der Waals surface area contributed by atoms with Gasteiger partial charge in [0.15, 0.2) is 0 Å². The van der Waals surface area contributed by atoms with Crippen molar-refractivity contribution in [2.45, 2.75) is 19.1 Å². The van der Waals surface area contributed by atoms with Crippen molar-refractivity contribution >= 4 is 11.7 Å². The number of amides is 2. The van der Waals surface area contributed by atoms with E-state index < -0.39 is 4.92 Å². The topological polar surface area (TPSA) is 93.5 Å². The van der Waals surface area contributed by atoms with Crippen molar-refractivity contribution < 1.29 is 14.5 Å². The maximum absolute atomic E-state index is 11.9. The quantitative estimate of drug-likeness (QED) is 0.651. The minimum atomic E-state index is -0.460. The van der Waals surface area contributed by atoms with Gasteiger partial charge in [0, 0.05) is 25.1 Å². The Hall–Kier alpha value is -3.09. The molecule has 7 heteroatoms. The molecule has 2 aromatic rings. The first kappa shape index (κ1) is 15.8. The zero-order chi connectivity index (χ0) is 16.9. The molecule has 0 aromatic heterocycles. The molecule has 2 N–H and O–H groups in total. The highest BCUT2D eigenvalue weighted by Gasteiger charge is 2.22. The van der Waals surface area contributed by atoms with Crippen molar-refractivity contribution in [1.82, 2.24) is 10.6 Å². The van der Waals surface area contributed by atoms with Crippen molar-refractivity contribution in [3.63, 3.8) is 0 Å². The van der Waals surface area contributed by atoms with E-state index in [2.05, 4.69) is 10.6 Å². The highest BCUT2D eigenvalue weighted by molar-refractivity contribution is 5.73. The Labute approximate surface area is 138 Å². The summed E-state index contributed by atoms with van der Waals surface area (Å²) in [4.78, 5) is 22.1. The van der Waals surface area contributed by atoms with Gasteiger partial charge < -0.3 is 15.4 Å². The van der Waals surface area contributed by atoms with Crippen LogP contribution in [0.1, 0.15) is 11.1 Å². The Morgan fingerprint density at radius 1 is 1.21 bits per heavy atom. The number of carbonyl (C=O) groups is 1. The van der Waals surface area contributed by atoms with E-state index in [-0.39, 0.29) is 24.4 Å². The molecule has 124 valence electrons. The second kappa shape index (κ2) is 6.99. The van der Waals surface area contributed by atoms with Crippen molar-refractivity contribution in [2.24, 2.45) is 0 Å². The molecule has 0 saturated carbocycles. The predicted molar refractivity (Wildman–Crippen MR) is 87.9 cm³/mol. The van der Waals surface area contributed by atoms with E-state index in [1.165, 1.54) is 12.1 Å². The van der Waals surface area contributed by atoms with Gasteiger partial charge in [-0.25, -0.2) is 4.79 Å². The molecule has 1 atom stereocenters. The number of fused-ring (bicyclic) bond motifs is 1. The fourth-order valence-electron chi connectivity index (χ4n) is 2.60. The van der Waals surface area contributed by atoms with Crippen LogP contribution in [0.2, 0.25) is 0 Å². The number of urea groups is 1. The molecular weight excluding hydrogens is 310 g/mol. The lowest BCUT2D eigenvalue weighted by Gasteiger charge is -2.12. The monoisotopic (exact) mass is 327 g/mol. The molecule has 0 fully saturated rings. The Kier molecular flexibility index (Phi) is 4.60. The average Bonchev–Trinajstić information content (AvgIpc) is 3.01. The Morgan fingerprint density at radius 3 is 2.83 bits per heavy atom. The largest absolute Gasteiger partial charge is 0.488 e. The molecule has 0 spiro atoms. The lowest BCUT2D eigenvalue weighted by atomic mass is 10.1. The number of rotatable bonds is 5. The van der Waals surface area contributed by atoms with Crippen molar-refractivity contribution in [1.29, 1.82) is 0 Å². The molecular formula is C17H17N3O4. The summed E-state index contributed by atoms with van der Waals surface area (Å²) >= 11 is 0. The van der Waals surface area contributed by atoms with Gasteiger partial charge in [0.25, 0.3) is 5.69 Å². The van der Waals surface area contributed by atoms with Gasteiger partial charge in [-0.3, -0.25) is 10.1 Å².